The summed E-state index contributed by atoms with van der Waals surface area (Å²) in [7, 11) is 1.54. The topological polar surface area (TPSA) is 69.0 Å². The molecule has 3 rings (SSSR count). The molecule has 1 aromatic carbocycles. The van der Waals surface area contributed by atoms with Crippen molar-refractivity contribution in [2.45, 2.75) is 0 Å². The van der Waals surface area contributed by atoms with Crippen molar-refractivity contribution in [3.05, 3.63) is 66.9 Å². The zero-order valence-corrected chi connectivity index (χ0v) is 11.9. The number of benzene rings is 1. The smallest absolute Gasteiger partial charge is 0.274 e. The summed E-state index contributed by atoms with van der Waals surface area (Å²) in [6, 6.07) is 13.0. The zero-order valence-electron chi connectivity index (χ0n) is 11.9. The number of hydrogen-bond donors (Lipinski definition) is 1. The lowest BCUT2D eigenvalue weighted by Gasteiger charge is -2.09. The van der Waals surface area contributed by atoms with Gasteiger partial charge in [0.05, 0.1) is 31.5 Å². The van der Waals surface area contributed by atoms with Crippen molar-refractivity contribution in [1.82, 2.24) is 14.5 Å². The first-order chi connectivity index (χ1) is 10.8. The second-order valence-corrected chi connectivity index (χ2v) is 4.53. The quantitative estimate of drug-likeness (QED) is 0.802. The number of rotatable bonds is 4. The number of amides is 1. The average Bonchev–Trinajstić information content (AvgIpc) is 3.06. The summed E-state index contributed by atoms with van der Waals surface area (Å²) in [6.45, 7) is 0. The predicted molar refractivity (Wildman–Crippen MR) is 82.3 cm³/mol. The minimum absolute atomic E-state index is 0.256. The third-order valence-electron chi connectivity index (χ3n) is 3.11. The van der Waals surface area contributed by atoms with Gasteiger partial charge in [0, 0.05) is 11.8 Å². The number of anilines is 1. The summed E-state index contributed by atoms with van der Waals surface area (Å²) in [5.74, 6) is 0.237. The zero-order chi connectivity index (χ0) is 15.4. The van der Waals surface area contributed by atoms with Crippen LogP contribution in [-0.2, 0) is 0 Å². The number of imidazole rings is 1. The SMILES string of the molecule is COc1ccc(NC(=O)c2cncn2-c2ccccc2)cn1. The maximum Gasteiger partial charge on any atom is 0.274 e. The molecule has 6 nitrogen and oxygen atoms in total. The third kappa shape index (κ3) is 2.80. The molecule has 0 saturated heterocycles. The predicted octanol–water partition coefficient (Wildman–Crippen LogP) is 2.53. The summed E-state index contributed by atoms with van der Waals surface area (Å²) in [5.41, 5.74) is 1.91. The van der Waals surface area contributed by atoms with Crippen LogP contribution in [0.5, 0.6) is 5.88 Å². The minimum Gasteiger partial charge on any atom is -0.481 e. The van der Waals surface area contributed by atoms with Gasteiger partial charge in [0.1, 0.15) is 5.69 Å². The van der Waals surface area contributed by atoms with Gasteiger partial charge in [-0.25, -0.2) is 9.97 Å². The van der Waals surface area contributed by atoms with Crippen LogP contribution >= 0.6 is 0 Å². The minimum atomic E-state index is -0.256. The van der Waals surface area contributed by atoms with E-state index in [1.165, 1.54) is 6.20 Å². The van der Waals surface area contributed by atoms with E-state index >= 15 is 0 Å². The summed E-state index contributed by atoms with van der Waals surface area (Å²) in [6.07, 6.45) is 4.68. The highest BCUT2D eigenvalue weighted by molar-refractivity contribution is 6.03. The van der Waals surface area contributed by atoms with Gasteiger partial charge in [-0.05, 0) is 18.2 Å². The lowest BCUT2D eigenvalue weighted by Crippen LogP contribution is -2.16. The van der Waals surface area contributed by atoms with Gasteiger partial charge in [0.25, 0.3) is 5.91 Å². The first kappa shape index (κ1) is 13.8. The Hall–Kier alpha value is -3.15. The second-order valence-electron chi connectivity index (χ2n) is 4.53. The number of hydrogen-bond acceptors (Lipinski definition) is 4. The fraction of sp³-hybridized carbons (Fsp3) is 0.0625. The molecule has 0 atom stereocenters. The molecule has 0 spiro atoms. The van der Waals surface area contributed by atoms with Crippen LogP contribution in [0.4, 0.5) is 5.69 Å². The van der Waals surface area contributed by atoms with E-state index in [4.69, 9.17) is 4.74 Å². The Bertz CT molecular complexity index is 766. The molecule has 2 heterocycles. The van der Waals surface area contributed by atoms with Crippen molar-refractivity contribution in [2.75, 3.05) is 12.4 Å². The first-order valence-electron chi connectivity index (χ1n) is 6.67. The second kappa shape index (κ2) is 6.09. The Morgan fingerprint density at radius 1 is 1.14 bits per heavy atom. The summed E-state index contributed by atoms with van der Waals surface area (Å²) >= 11 is 0. The average molecular weight is 294 g/mol. The van der Waals surface area contributed by atoms with Crippen molar-refractivity contribution in [2.24, 2.45) is 0 Å². The number of nitrogens with one attached hydrogen (secondary N) is 1. The van der Waals surface area contributed by atoms with E-state index < -0.39 is 0 Å². The highest BCUT2D eigenvalue weighted by atomic mass is 16.5. The summed E-state index contributed by atoms with van der Waals surface area (Å²) < 4.78 is 6.71. The van der Waals surface area contributed by atoms with Crippen molar-refractivity contribution in [1.29, 1.82) is 0 Å². The molecule has 3 aromatic rings. The Balaban J connectivity index is 1.82. The molecule has 6 heteroatoms. The molecule has 0 unspecified atom stereocenters. The normalized spacial score (nSPS) is 10.2. The van der Waals surface area contributed by atoms with Crippen LogP contribution in [0.2, 0.25) is 0 Å². The number of methoxy groups -OCH3 is 1. The van der Waals surface area contributed by atoms with Crippen LogP contribution in [0.1, 0.15) is 10.5 Å². The molecule has 110 valence electrons. The van der Waals surface area contributed by atoms with Crippen LogP contribution in [0.3, 0.4) is 0 Å². The van der Waals surface area contributed by atoms with E-state index in [-0.39, 0.29) is 5.91 Å². The van der Waals surface area contributed by atoms with Gasteiger partial charge in [-0.15, -0.1) is 0 Å². The van der Waals surface area contributed by atoms with Crippen LogP contribution < -0.4 is 10.1 Å². The molecule has 0 aliphatic carbocycles. The lowest BCUT2D eigenvalue weighted by atomic mass is 10.3. The highest BCUT2D eigenvalue weighted by Gasteiger charge is 2.13. The largest absolute Gasteiger partial charge is 0.481 e. The Labute approximate surface area is 127 Å². The molecule has 0 aliphatic heterocycles. The van der Waals surface area contributed by atoms with Crippen molar-refractivity contribution in [3.63, 3.8) is 0 Å². The van der Waals surface area contributed by atoms with E-state index in [9.17, 15) is 4.79 Å². The van der Waals surface area contributed by atoms with E-state index in [0.29, 0.717) is 17.3 Å². The van der Waals surface area contributed by atoms with Crippen molar-refractivity contribution in [3.8, 4) is 11.6 Å². The van der Waals surface area contributed by atoms with E-state index in [2.05, 4.69) is 15.3 Å². The Morgan fingerprint density at radius 2 is 1.95 bits per heavy atom. The lowest BCUT2D eigenvalue weighted by molar-refractivity contribution is 0.102. The number of carbonyl (C=O) groups is 1. The van der Waals surface area contributed by atoms with Gasteiger partial charge >= 0.3 is 0 Å². The van der Waals surface area contributed by atoms with Crippen molar-refractivity contribution >= 4 is 11.6 Å². The maximum atomic E-state index is 12.4. The van der Waals surface area contributed by atoms with E-state index in [1.807, 2.05) is 30.3 Å². The van der Waals surface area contributed by atoms with Crippen LogP contribution in [0.15, 0.2) is 61.2 Å². The van der Waals surface area contributed by atoms with Crippen molar-refractivity contribution < 1.29 is 9.53 Å². The first-order valence-corrected chi connectivity index (χ1v) is 6.67. The molecule has 1 N–H and O–H groups in total. The maximum absolute atomic E-state index is 12.4. The molecule has 2 aromatic heterocycles. The van der Waals surface area contributed by atoms with Gasteiger partial charge in [0.2, 0.25) is 5.88 Å². The molecular weight excluding hydrogens is 280 g/mol. The number of aromatic nitrogens is 3. The number of para-hydroxylation sites is 1. The molecule has 0 radical (unpaired) electrons. The van der Waals surface area contributed by atoms with Gasteiger partial charge in [-0.3, -0.25) is 9.36 Å². The van der Waals surface area contributed by atoms with Gasteiger partial charge < -0.3 is 10.1 Å². The molecule has 0 bridgehead atoms. The third-order valence-corrected chi connectivity index (χ3v) is 3.11. The van der Waals surface area contributed by atoms with Crippen LogP contribution in [0.25, 0.3) is 5.69 Å². The summed E-state index contributed by atoms with van der Waals surface area (Å²) in [5, 5.41) is 2.79. The number of pyridine rings is 1. The van der Waals surface area contributed by atoms with Crippen LogP contribution in [0, 0.1) is 0 Å². The van der Waals surface area contributed by atoms with Gasteiger partial charge in [-0.1, -0.05) is 18.2 Å². The monoisotopic (exact) mass is 294 g/mol. The molecule has 0 aliphatic rings. The molecule has 0 fully saturated rings. The number of ether oxygens (including phenoxy) is 1. The number of carbonyl (C=O) groups excluding carboxylic acids is 1. The van der Waals surface area contributed by atoms with Gasteiger partial charge in [0.15, 0.2) is 0 Å². The van der Waals surface area contributed by atoms with Crippen LogP contribution in [-0.4, -0.2) is 27.6 Å². The number of nitrogens with zero attached hydrogens (tertiary/aromatic N) is 3. The molecular formula is C16H14N4O2. The highest BCUT2D eigenvalue weighted by Crippen LogP contribution is 2.15. The van der Waals surface area contributed by atoms with Gasteiger partial charge in [-0.2, -0.15) is 0 Å². The summed E-state index contributed by atoms with van der Waals surface area (Å²) in [4.78, 5) is 20.5. The molecule has 0 saturated carbocycles. The fourth-order valence-corrected chi connectivity index (χ4v) is 2.03. The fourth-order valence-electron chi connectivity index (χ4n) is 2.03. The Kier molecular flexibility index (Phi) is 3.82. The molecule has 22 heavy (non-hydrogen) atoms. The standard InChI is InChI=1S/C16H14N4O2/c1-22-15-8-7-12(9-18-15)19-16(21)14-10-17-11-20(14)13-5-3-2-4-6-13/h2-11H,1H3,(H,19,21). The van der Waals surface area contributed by atoms with E-state index in [1.54, 1.807) is 36.3 Å². The van der Waals surface area contributed by atoms with E-state index in [0.717, 1.165) is 5.69 Å². The Morgan fingerprint density at radius 3 is 2.64 bits per heavy atom. The molecule has 1 amide bonds.